The highest BCUT2D eigenvalue weighted by molar-refractivity contribution is 5.88. The minimum atomic E-state index is -0.584. The summed E-state index contributed by atoms with van der Waals surface area (Å²) in [5.41, 5.74) is 3.16. The Morgan fingerprint density at radius 3 is 2.54 bits per heavy atom. The number of carbonyl (C=O) groups excluding carboxylic acids is 2. The molecule has 150 valence electrons. The number of nitrogens with one attached hydrogen (secondary N) is 1. The Kier molecular flexibility index (Phi) is 8.05. The van der Waals surface area contributed by atoms with Gasteiger partial charge in [-0.25, -0.2) is 0 Å². The number of amides is 2. The lowest BCUT2D eigenvalue weighted by Gasteiger charge is -2.29. The first kappa shape index (κ1) is 21.5. The van der Waals surface area contributed by atoms with Crippen LogP contribution >= 0.6 is 0 Å². The number of hydrogen-bond acceptors (Lipinski definition) is 3. The molecule has 0 aromatic heterocycles. The van der Waals surface area contributed by atoms with Gasteiger partial charge in [0.15, 0.2) is 6.61 Å². The van der Waals surface area contributed by atoms with Crippen LogP contribution in [0.5, 0.6) is 5.75 Å². The van der Waals surface area contributed by atoms with Crippen molar-refractivity contribution in [1.29, 1.82) is 0 Å². The van der Waals surface area contributed by atoms with Crippen molar-refractivity contribution in [1.82, 2.24) is 10.2 Å². The van der Waals surface area contributed by atoms with E-state index in [2.05, 4.69) is 5.32 Å². The van der Waals surface area contributed by atoms with Gasteiger partial charge in [0.05, 0.1) is 0 Å². The lowest BCUT2D eigenvalue weighted by atomic mass is 10.1. The number of rotatable bonds is 9. The van der Waals surface area contributed by atoms with E-state index in [9.17, 15) is 9.59 Å². The molecule has 0 spiro atoms. The largest absolute Gasteiger partial charge is 0.484 e. The van der Waals surface area contributed by atoms with Crippen LogP contribution in [0.4, 0.5) is 0 Å². The molecule has 0 saturated carbocycles. The Morgan fingerprint density at radius 1 is 1.11 bits per heavy atom. The number of ether oxygens (including phenoxy) is 1. The van der Waals surface area contributed by atoms with Crippen LogP contribution in [0.15, 0.2) is 48.5 Å². The topological polar surface area (TPSA) is 58.6 Å². The molecule has 28 heavy (non-hydrogen) atoms. The van der Waals surface area contributed by atoms with E-state index in [-0.39, 0.29) is 18.4 Å². The molecule has 2 rings (SSSR count). The van der Waals surface area contributed by atoms with Gasteiger partial charge < -0.3 is 15.0 Å². The molecule has 0 unspecified atom stereocenters. The van der Waals surface area contributed by atoms with E-state index in [1.165, 1.54) is 0 Å². The Hall–Kier alpha value is -2.82. The van der Waals surface area contributed by atoms with E-state index in [0.29, 0.717) is 18.8 Å². The quantitative estimate of drug-likeness (QED) is 0.721. The summed E-state index contributed by atoms with van der Waals surface area (Å²) in [6.07, 6.45) is 0.848. The molecule has 0 aliphatic carbocycles. The predicted molar refractivity (Wildman–Crippen MR) is 111 cm³/mol. The summed E-state index contributed by atoms with van der Waals surface area (Å²) in [7, 11) is 0. The van der Waals surface area contributed by atoms with Crippen molar-refractivity contribution < 1.29 is 14.3 Å². The second kappa shape index (κ2) is 10.5. The van der Waals surface area contributed by atoms with Gasteiger partial charge in [-0.2, -0.15) is 0 Å². The molecule has 0 saturated heterocycles. The second-order valence-corrected chi connectivity index (χ2v) is 7.02. The van der Waals surface area contributed by atoms with Gasteiger partial charge >= 0.3 is 0 Å². The predicted octanol–water partition coefficient (Wildman–Crippen LogP) is 3.63. The molecule has 2 aromatic carbocycles. The highest BCUT2D eigenvalue weighted by Crippen LogP contribution is 2.16. The summed E-state index contributed by atoms with van der Waals surface area (Å²) in [5.74, 6) is 0.274. The van der Waals surface area contributed by atoms with Crippen molar-refractivity contribution in [3.8, 4) is 5.75 Å². The van der Waals surface area contributed by atoms with Crippen molar-refractivity contribution in [3.63, 3.8) is 0 Å². The van der Waals surface area contributed by atoms with Crippen LogP contribution in [0.1, 0.15) is 37.0 Å². The maximum atomic E-state index is 13.0. The zero-order valence-corrected chi connectivity index (χ0v) is 17.2. The van der Waals surface area contributed by atoms with Crippen LogP contribution in [0.2, 0.25) is 0 Å². The molecule has 1 N–H and O–H groups in total. The summed E-state index contributed by atoms with van der Waals surface area (Å²) in [4.78, 5) is 27.0. The Labute approximate surface area is 167 Å². The Morgan fingerprint density at radius 2 is 1.86 bits per heavy atom. The van der Waals surface area contributed by atoms with Gasteiger partial charge in [0.25, 0.3) is 5.91 Å². The van der Waals surface area contributed by atoms with Crippen LogP contribution < -0.4 is 10.1 Å². The first-order chi connectivity index (χ1) is 13.4. The molecule has 5 heteroatoms. The fourth-order valence-corrected chi connectivity index (χ4v) is 2.88. The van der Waals surface area contributed by atoms with Gasteiger partial charge in [-0.1, -0.05) is 43.3 Å². The van der Waals surface area contributed by atoms with Crippen LogP contribution in [0.25, 0.3) is 0 Å². The third-order valence-electron chi connectivity index (χ3n) is 4.67. The molecular weight excluding hydrogens is 352 g/mol. The van der Waals surface area contributed by atoms with Crippen LogP contribution in [0, 0.1) is 13.8 Å². The van der Waals surface area contributed by atoms with Crippen LogP contribution in [-0.2, 0) is 16.1 Å². The van der Waals surface area contributed by atoms with E-state index in [1.54, 1.807) is 11.8 Å². The maximum absolute atomic E-state index is 13.0. The molecule has 5 nitrogen and oxygen atoms in total. The highest BCUT2D eigenvalue weighted by atomic mass is 16.5. The number of aryl methyl sites for hydroxylation is 2. The molecule has 0 aliphatic rings. The van der Waals surface area contributed by atoms with Crippen molar-refractivity contribution in [2.45, 2.75) is 46.7 Å². The molecule has 1 atom stereocenters. The minimum absolute atomic E-state index is 0.110. The van der Waals surface area contributed by atoms with Crippen LogP contribution in [-0.4, -0.2) is 35.9 Å². The van der Waals surface area contributed by atoms with Gasteiger partial charge in [-0.15, -0.1) is 0 Å². The molecular formula is C23H30N2O3. The summed E-state index contributed by atoms with van der Waals surface area (Å²) in [6, 6.07) is 14.9. The van der Waals surface area contributed by atoms with E-state index >= 15 is 0 Å². The molecule has 0 radical (unpaired) electrons. The minimum Gasteiger partial charge on any atom is -0.484 e. The van der Waals surface area contributed by atoms with Gasteiger partial charge in [0.2, 0.25) is 5.91 Å². The van der Waals surface area contributed by atoms with Crippen molar-refractivity contribution in [3.05, 3.63) is 65.2 Å². The van der Waals surface area contributed by atoms with Crippen molar-refractivity contribution >= 4 is 11.8 Å². The average Bonchev–Trinajstić information content (AvgIpc) is 2.69. The van der Waals surface area contributed by atoms with Crippen LogP contribution in [0.3, 0.4) is 0 Å². The lowest BCUT2D eigenvalue weighted by molar-refractivity contribution is -0.142. The summed E-state index contributed by atoms with van der Waals surface area (Å²) < 4.78 is 5.69. The van der Waals surface area contributed by atoms with Crippen molar-refractivity contribution in [2.24, 2.45) is 0 Å². The normalized spacial score (nSPS) is 11.6. The number of hydrogen-bond donors (Lipinski definition) is 1. The van der Waals surface area contributed by atoms with Gasteiger partial charge in [0, 0.05) is 13.1 Å². The number of benzene rings is 2. The second-order valence-electron chi connectivity index (χ2n) is 7.02. The Bertz CT molecular complexity index is 804. The van der Waals surface area contributed by atoms with Gasteiger partial charge in [-0.3, -0.25) is 9.59 Å². The number of carbonyl (C=O) groups is 2. The highest BCUT2D eigenvalue weighted by Gasteiger charge is 2.26. The first-order valence-corrected chi connectivity index (χ1v) is 9.73. The van der Waals surface area contributed by atoms with E-state index < -0.39 is 6.04 Å². The van der Waals surface area contributed by atoms with Gasteiger partial charge in [0.1, 0.15) is 11.8 Å². The third kappa shape index (κ3) is 6.12. The fourth-order valence-electron chi connectivity index (χ4n) is 2.88. The molecule has 2 aromatic rings. The maximum Gasteiger partial charge on any atom is 0.261 e. The molecule has 2 amide bonds. The number of nitrogens with zero attached hydrogens (tertiary/aromatic N) is 1. The van der Waals surface area contributed by atoms with E-state index in [1.807, 2.05) is 69.3 Å². The lowest BCUT2D eigenvalue weighted by Crippen LogP contribution is -2.49. The molecule has 0 bridgehead atoms. The monoisotopic (exact) mass is 382 g/mol. The molecule has 0 aliphatic heterocycles. The van der Waals surface area contributed by atoms with E-state index in [0.717, 1.165) is 23.1 Å². The first-order valence-electron chi connectivity index (χ1n) is 9.73. The smallest absolute Gasteiger partial charge is 0.261 e. The average molecular weight is 383 g/mol. The summed E-state index contributed by atoms with van der Waals surface area (Å²) in [5, 5.41) is 2.88. The van der Waals surface area contributed by atoms with E-state index in [4.69, 9.17) is 4.74 Å². The summed E-state index contributed by atoms with van der Waals surface area (Å²) in [6.45, 7) is 8.58. The summed E-state index contributed by atoms with van der Waals surface area (Å²) >= 11 is 0. The third-order valence-corrected chi connectivity index (χ3v) is 4.67. The van der Waals surface area contributed by atoms with Gasteiger partial charge in [-0.05, 0) is 56.0 Å². The standard InChI is InChI=1S/C23H30N2O3/c1-5-13-24-23(27)19(4)25(15-20-11-7-6-10-18(20)3)22(26)16-28-21-12-8-9-17(2)14-21/h6-12,14,19H,5,13,15-16H2,1-4H3,(H,24,27)/t19-/m0/s1. The Balaban J connectivity index is 2.14. The SMILES string of the molecule is CCCNC(=O)[C@H](C)N(Cc1ccccc1C)C(=O)COc1cccc(C)c1. The van der Waals surface area contributed by atoms with Crippen molar-refractivity contribution in [2.75, 3.05) is 13.2 Å². The zero-order chi connectivity index (χ0) is 20.5. The fraction of sp³-hybridized carbons (Fsp3) is 0.391. The zero-order valence-electron chi connectivity index (χ0n) is 17.2. The molecule has 0 fully saturated rings. The molecule has 0 heterocycles.